The fourth-order valence-corrected chi connectivity index (χ4v) is 3.25. The number of nitrogens with zero attached hydrogens (tertiary/aromatic N) is 1. The number of amides is 1. The molecule has 2 aromatic rings. The molecule has 1 aromatic carbocycles. The lowest BCUT2D eigenvalue weighted by atomic mass is 10.1. The second kappa shape index (κ2) is 7.31. The van der Waals surface area contributed by atoms with Gasteiger partial charge in [0.05, 0.1) is 10.4 Å². The summed E-state index contributed by atoms with van der Waals surface area (Å²) in [7, 11) is 0. The van der Waals surface area contributed by atoms with Gasteiger partial charge in [0.1, 0.15) is 0 Å². The summed E-state index contributed by atoms with van der Waals surface area (Å²) in [5, 5.41) is 3.25. The number of thiophene rings is 1. The number of benzene rings is 1. The molecule has 0 aliphatic carbocycles. The number of hydrogen-bond donors (Lipinski definition) is 1. The van der Waals surface area contributed by atoms with E-state index in [1.54, 1.807) is 0 Å². The van der Waals surface area contributed by atoms with Crippen LogP contribution in [0.4, 0.5) is 13.2 Å². The van der Waals surface area contributed by atoms with Crippen molar-refractivity contribution in [2.75, 3.05) is 26.2 Å². The lowest BCUT2D eigenvalue weighted by Crippen LogP contribution is -2.34. The van der Waals surface area contributed by atoms with Gasteiger partial charge in [-0.1, -0.05) is 13.8 Å². The Kier molecular flexibility index (Phi) is 5.64. The molecular formula is C16H19F3N2OS. The number of carbonyl (C=O) groups is 1. The van der Waals surface area contributed by atoms with Gasteiger partial charge in [-0.3, -0.25) is 4.79 Å². The van der Waals surface area contributed by atoms with E-state index < -0.39 is 11.7 Å². The van der Waals surface area contributed by atoms with Crippen LogP contribution >= 0.6 is 11.3 Å². The number of carbonyl (C=O) groups excluding carboxylic acids is 1. The molecular weight excluding hydrogens is 325 g/mol. The normalized spacial score (nSPS) is 12.1. The average molecular weight is 344 g/mol. The standard InChI is InChI=1S/C16H19F3N2OS/c1-3-21(4-2)8-7-20-15(22)14-10-11-9-12(16(17,18)19)5-6-13(11)23-14/h5-6,9-10H,3-4,7-8H2,1-2H3,(H,20,22). The minimum Gasteiger partial charge on any atom is -0.350 e. The quantitative estimate of drug-likeness (QED) is 0.859. The van der Waals surface area contributed by atoms with Gasteiger partial charge in [0.2, 0.25) is 0 Å². The van der Waals surface area contributed by atoms with Crippen LogP contribution in [-0.2, 0) is 6.18 Å². The number of rotatable bonds is 6. The van der Waals surface area contributed by atoms with Crippen molar-refractivity contribution in [3.05, 3.63) is 34.7 Å². The zero-order valence-corrected chi connectivity index (χ0v) is 13.9. The van der Waals surface area contributed by atoms with Crippen molar-refractivity contribution in [3.8, 4) is 0 Å². The molecule has 23 heavy (non-hydrogen) atoms. The van der Waals surface area contributed by atoms with Gasteiger partial charge >= 0.3 is 6.18 Å². The first-order chi connectivity index (χ1) is 10.8. The van der Waals surface area contributed by atoms with Crippen molar-refractivity contribution >= 4 is 27.3 Å². The van der Waals surface area contributed by atoms with Gasteiger partial charge in [-0.15, -0.1) is 11.3 Å². The molecule has 0 aliphatic rings. The van der Waals surface area contributed by atoms with Crippen LogP contribution in [0, 0.1) is 0 Å². The van der Waals surface area contributed by atoms with E-state index in [-0.39, 0.29) is 5.91 Å². The van der Waals surface area contributed by atoms with Crippen molar-refractivity contribution in [2.45, 2.75) is 20.0 Å². The zero-order chi connectivity index (χ0) is 17.0. The minimum absolute atomic E-state index is 0.244. The first kappa shape index (κ1) is 17.7. The molecule has 0 radical (unpaired) electrons. The van der Waals surface area contributed by atoms with Crippen LogP contribution < -0.4 is 5.32 Å². The highest BCUT2D eigenvalue weighted by Gasteiger charge is 2.30. The van der Waals surface area contributed by atoms with E-state index in [1.807, 2.05) is 0 Å². The number of likely N-dealkylation sites (N-methyl/N-ethyl adjacent to an activating group) is 1. The van der Waals surface area contributed by atoms with Crippen molar-refractivity contribution in [2.24, 2.45) is 0 Å². The topological polar surface area (TPSA) is 32.3 Å². The number of nitrogens with one attached hydrogen (secondary N) is 1. The molecule has 7 heteroatoms. The molecule has 1 aromatic heterocycles. The highest BCUT2D eigenvalue weighted by atomic mass is 32.1. The van der Waals surface area contributed by atoms with Crippen molar-refractivity contribution < 1.29 is 18.0 Å². The molecule has 2 rings (SSSR count). The number of halogens is 3. The Labute approximate surface area is 137 Å². The highest BCUT2D eigenvalue weighted by molar-refractivity contribution is 7.20. The molecule has 0 saturated carbocycles. The average Bonchev–Trinajstić information content (AvgIpc) is 2.93. The molecule has 0 fully saturated rings. The summed E-state index contributed by atoms with van der Waals surface area (Å²) in [5.41, 5.74) is -0.698. The molecule has 126 valence electrons. The van der Waals surface area contributed by atoms with Crippen LogP contribution in [0.25, 0.3) is 10.1 Å². The van der Waals surface area contributed by atoms with Gasteiger partial charge in [0, 0.05) is 17.8 Å². The third-order valence-electron chi connectivity index (χ3n) is 3.68. The summed E-state index contributed by atoms with van der Waals surface area (Å²) in [6.07, 6.45) is -4.37. The Morgan fingerprint density at radius 1 is 1.22 bits per heavy atom. The van der Waals surface area contributed by atoms with Crippen LogP contribution in [0.3, 0.4) is 0 Å². The third-order valence-corrected chi connectivity index (χ3v) is 4.79. The van der Waals surface area contributed by atoms with E-state index in [0.717, 1.165) is 31.8 Å². The first-order valence-electron chi connectivity index (χ1n) is 7.46. The molecule has 0 saturated heterocycles. The predicted molar refractivity (Wildman–Crippen MR) is 86.9 cm³/mol. The second-order valence-electron chi connectivity index (χ2n) is 5.14. The summed E-state index contributed by atoms with van der Waals surface area (Å²) >= 11 is 1.20. The van der Waals surface area contributed by atoms with Crippen LogP contribution in [0.1, 0.15) is 29.1 Å². The minimum atomic E-state index is -4.37. The Morgan fingerprint density at radius 3 is 2.52 bits per heavy atom. The van der Waals surface area contributed by atoms with Gasteiger partial charge in [-0.25, -0.2) is 0 Å². The van der Waals surface area contributed by atoms with E-state index in [2.05, 4.69) is 24.1 Å². The van der Waals surface area contributed by atoms with Gasteiger partial charge in [0.25, 0.3) is 5.91 Å². The molecule has 0 bridgehead atoms. The maximum Gasteiger partial charge on any atom is 0.416 e. The van der Waals surface area contributed by atoms with E-state index >= 15 is 0 Å². The Bertz CT molecular complexity index is 678. The highest BCUT2D eigenvalue weighted by Crippen LogP contribution is 2.34. The van der Waals surface area contributed by atoms with Crippen molar-refractivity contribution in [1.82, 2.24) is 10.2 Å². The summed E-state index contributed by atoms with van der Waals surface area (Å²) in [4.78, 5) is 14.7. The van der Waals surface area contributed by atoms with Gasteiger partial charge in [-0.2, -0.15) is 13.2 Å². The van der Waals surface area contributed by atoms with Crippen LogP contribution in [0.15, 0.2) is 24.3 Å². The van der Waals surface area contributed by atoms with Gasteiger partial charge in [-0.05, 0) is 42.7 Å². The van der Waals surface area contributed by atoms with Gasteiger partial charge in [0.15, 0.2) is 0 Å². The van der Waals surface area contributed by atoms with Crippen LogP contribution in [0.5, 0.6) is 0 Å². The first-order valence-corrected chi connectivity index (χ1v) is 8.28. The fourth-order valence-electron chi connectivity index (χ4n) is 2.29. The van der Waals surface area contributed by atoms with Crippen LogP contribution in [-0.4, -0.2) is 37.0 Å². The molecule has 1 amide bonds. The maximum absolute atomic E-state index is 12.7. The van der Waals surface area contributed by atoms with Gasteiger partial charge < -0.3 is 10.2 Å². The van der Waals surface area contributed by atoms with Crippen molar-refractivity contribution in [1.29, 1.82) is 0 Å². The summed E-state index contributed by atoms with van der Waals surface area (Å²) < 4.78 is 38.8. The van der Waals surface area contributed by atoms with E-state index in [0.29, 0.717) is 21.5 Å². The lowest BCUT2D eigenvalue weighted by Gasteiger charge is -2.17. The molecule has 0 unspecified atom stereocenters. The monoisotopic (exact) mass is 344 g/mol. The van der Waals surface area contributed by atoms with Crippen LogP contribution in [0.2, 0.25) is 0 Å². The summed E-state index contributed by atoms with van der Waals surface area (Å²) in [6.45, 7) is 7.19. The molecule has 3 nitrogen and oxygen atoms in total. The number of hydrogen-bond acceptors (Lipinski definition) is 3. The SMILES string of the molecule is CCN(CC)CCNC(=O)c1cc2cc(C(F)(F)F)ccc2s1. The van der Waals surface area contributed by atoms with E-state index in [4.69, 9.17) is 0 Å². The molecule has 0 spiro atoms. The second-order valence-corrected chi connectivity index (χ2v) is 6.23. The Morgan fingerprint density at radius 2 is 1.91 bits per heavy atom. The fraction of sp³-hybridized carbons (Fsp3) is 0.438. The summed E-state index contributed by atoms with van der Waals surface area (Å²) in [6, 6.07) is 5.05. The van der Waals surface area contributed by atoms with E-state index in [9.17, 15) is 18.0 Å². The van der Waals surface area contributed by atoms with Crippen molar-refractivity contribution in [3.63, 3.8) is 0 Å². The number of alkyl halides is 3. The largest absolute Gasteiger partial charge is 0.416 e. The molecule has 0 atom stereocenters. The Balaban J connectivity index is 2.06. The summed E-state index contributed by atoms with van der Waals surface area (Å²) in [5.74, 6) is -0.244. The third kappa shape index (κ3) is 4.45. The molecule has 1 N–H and O–H groups in total. The Hall–Kier alpha value is -1.60. The number of fused-ring (bicyclic) bond motifs is 1. The lowest BCUT2D eigenvalue weighted by molar-refractivity contribution is -0.137. The van der Waals surface area contributed by atoms with E-state index in [1.165, 1.54) is 23.5 Å². The maximum atomic E-state index is 12.7. The molecule has 0 aliphatic heterocycles. The smallest absolute Gasteiger partial charge is 0.350 e. The zero-order valence-electron chi connectivity index (χ0n) is 13.0. The molecule has 1 heterocycles. The predicted octanol–water partition coefficient (Wildman–Crippen LogP) is 3.99.